The first kappa shape index (κ1) is 17.5. The first-order chi connectivity index (χ1) is 10.7. The van der Waals surface area contributed by atoms with Crippen molar-refractivity contribution in [2.75, 3.05) is 18.0 Å². The molecule has 5 heteroatoms. The zero-order valence-corrected chi connectivity index (χ0v) is 14.2. The maximum atomic E-state index is 12.1. The Labute approximate surface area is 147 Å². The van der Waals surface area contributed by atoms with Crippen LogP contribution in [0.2, 0.25) is 5.02 Å². The standard InChI is InChI=1S/C18H18ClN2O.ClH/c19-16-5-3-15(4-6-16)18(22)9-14-20-12-7-17(8-13-20)21-10-1-2-11-21;/h3-9,12-14H,1-2,10-11H2;1H/q+1;/p-1. The molecule has 0 N–H and O–H groups in total. The molecule has 1 aromatic carbocycles. The highest BCUT2D eigenvalue weighted by Crippen LogP contribution is 2.18. The second-order valence-electron chi connectivity index (χ2n) is 5.38. The highest BCUT2D eigenvalue weighted by atomic mass is 35.5. The molecule has 0 unspecified atom stereocenters. The average Bonchev–Trinajstić information content (AvgIpc) is 3.08. The lowest BCUT2D eigenvalue weighted by Gasteiger charge is -2.15. The van der Waals surface area contributed by atoms with E-state index in [1.807, 2.05) is 17.0 Å². The fraction of sp³-hybridized carbons (Fsp3) is 0.222. The van der Waals surface area contributed by atoms with Gasteiger partial charge in [0.2, 0.25) is 0 Å². The molecule has 3 nitrogen and oxygen atoms in total. The first-order valence-electron chi connectivity index (χ1n) is 7.46. The Morgan fingerprint density at radius 3 is 2.26 bits per heavy atom. The predicted octanol–water partition coefficient (Wildman–Crippen LogP) is 0.585. The number of rotatable bonds is 4. The van der Waals surface area contributed by atoms with Crippen molar-refractivity contribution in [3.05, 3.63) is 65.5 Å². The largest absolute Gasteiger partial charge is 1.00 e. The average molecular weight is 349 g/mol. The topological polar surface area (TPSA) is 24.2 Å². The minimum Gasteiger partial charge on any atom is -1.00 e. The lowest BCUT2D eigenvalue weighted by molar-refractivity contribution is -0.568. The SMILES string of the molecule is O=C(C=C[n+]1ccc(N2CCCC2)cc1)c1ccc(Cl)cc1.[Cl-]. The van der Waals surface area contributed by atoms with Crippen LogP contribution in [0.5, 0.6) is 0 Å². The minimum atomic E-state index is -0.0345. The van der Waals surface area contributed by atoms with Crippen LogP contribution < -0.4 is 21.9 Å². The number of ketones is 1. The number of allylic oxidation sites excluding steroid dienone is 1. The Bertz CT molecular complexity index is 675. The van der Waals surface area contributed by atoms with E-state index in [-0.39, 0.29) is 18.2 Å². The molecule has 1 fully saturated rings. The third kappa shape index (κ3) is 4.57. The summed E-state index contributed by atoms with van der Waals surface area (Å²) in [6.45, 7) is 2.27. The number of carbonyl (C=O) groups is 1. The molecule has 2 heterocycles. The van der Waals surface area contributed by atoms with Gasteiger partial charge in [-0.15, -0.1) is 0 Å². The van der Waals surface area contributed by atoms with Gasteiger partial charge in [0.25, 0.3) is 0 Å². The third-order valence-corrected chi connectivity index (χ3v) is 4.08. The van der Waals surface area contributed by atoms with Crippen LogP contribution in [0.1, 0.15) is 23.2 Å². The van der Waals surface area contributed by atoms with E-state index >= 15 is 0 Å². The summed E-state index contributed by atoms with van der Waals surface area (Å²) in [7, 11) is 0. The van der Waals surface area contributed by atoms with Gasteiger partial charge in [-0.3, -0.25) is 4.79 Å². The fourth-order valence-electron chi connectivity index (χ4n) is 2.58. The summed E-state index contributed by atoms with van der Waals surface area (Å²) in [5, 5.41) is 0.632. The van der Waals surface area contributed by atoms with E-state index in [0.717, 1.165) is 13.1 Å². The summed E-state index contributed by atoms with van der Waals surface area (Å²) < 4.78 is 1.88. The van der Waals surface area contributed by atoms with Crippen molar-refractivity contribution in [2.45, 2.75) is 12.8 Å². The van der Waals surface area contributed by atoms with Gasteiger partial charge in [-0.2, -0.15) is 4.57 Å². The Morgan fingerprint density at radius 1 is 1.04 bits per heavy atom. The highest BCUT2D eigenvalue weighted by molar-refractivity contribution is 6.30. The Kier molecular flexibility index (Phi) is 6.20. The van der Waals surface area contributed by atoms with Gasteiger partial charge in [0.05, 0.1) is 6.08 Å². The molecule has 0 aliphatic carbocycles. The van der Waals surface area contributed by atoms with E-state index in [1.54, 1.807) is 36.5 Å². The lowest BCUT2D eigenvalue weighted by atomic mass is 10.1. The van der Waals surface area contributed by atoms with Crippen LogP contribution in [0.3, 0.4) is 0 Å². The second-order valence-corrected chi connectivity index (χ2v) is 5.82. The van der Waals surface area contributed by atoms with E-state index < -0.39 is 0 Å². The summed E-state index contributed by atoms with van der Waals surface area (Å²) in [5.74, 6) is -0.0345. The number of halogens is 2. The molecule has 1 aromatic heterocycles. The molecule has 0 spiro atoms. The Hall–Kier alpha value is -1.84. The maximum Gasteiger partial charge on any atom is 0.191 e. The van der Waals surface area contributed by atoms with E-state index in [0.29, 0.717) is 10.6 Å². The number of hydrogen-bond acceptors (Lipinski definition) is 2. The smallest absolute Gasteiger partial charge is 0.191 e. The maximum absolute atomic E-state index is 12.1. The van der Waals surface area contributed by atoms with E-state index in [4.69, 9.17) is 11.6 Å². The van der Waals surface area contributed by atoms with E-state index in [2.05, 4.69) is 17.0 Å². The van der Waals surface area contributed by atoms with Gasteiger partial charge in [0, 0.05) is 41.5 Å². The van der Waals surface area contributed by atoms with Crippen molar-refractivity contribution in [3.63, 3.8) is 0 Å². The van der Waals surface area contributed by atoms with E-state index in [1.165, 1.54) is 18.5 Å². The molecule has 120 valence electrons. The van der Waals surface area contributed by atoms with Crippen LogP contribution >= 0.6 is 11.6 Å². The number of carbonyl (C=O) groups excluding carboxylic acids is 1. The molecule has 0 amide bonds. The van der Waals surface area contributed by atoms with Crippen LogP contribution in [0, 0.1) is 0 Å². The van der Waals surface area contributed by atoms with Gasteiger partial charge in [0.1, 0.15) is 0 Å². The van der Waals surface area contributed by atoms with Gasteiger partial charge in [-0.05, 0) is 37.1 Å². The molecule has 0 atom stereocenters. The van der Waals surface area contributed by atoms with Gasteiger partial charge >= 0.3 is 0 Å². The fourth-order valence-corrected chi connectivity index (χ4v) is 2.71. The number of nitrogens with zero attached hydrogens (tertiary/aromatic N) is 2. The summed E-state index contributed by atoms with van der Waals surface area (Å²) in [6.07, 6.45) is 9.82. The normalized spacial score (nSPS) is 14.0. The Balaban J connectivity index is 0.00000192. The summed E-state index contributed by atoms with van der Waals surface area (Å²) in [6, 6.07) is 11.1. The highest BCUT2D eigenvalue weighted by Gasteiger charge is 2.13. The van der Waals surface area contributed by atoms with Crippen LogP contribution in [0.15, 0.2) is 54.9 Å². The molecule has 1 aliphatic heterocycles. The molecule has 0 bridgehead atoms. The van der Waals surface area contributed by atoms with Crippen molar-refractivity contribution in [1.29, 1.82) is 0 Å². The Morgan fingerprint density at radius 2 is 1.65 bits per heavy atom. The van der Waals surface area contributed by atoms with Crippen LogP contribution in [-0.2, 0) is 0 Å². The van der Waals surface area contributed by atoms with Crippen molar-refractivity contribution < 1.29 is 21.8 Å². The molecule has 2 aromatic rings. The second kappa shape index (κ2) is 8.14. The zero-order valence-electron chi connectivity index (χ0n) is 12.7. The molecular weight excluding hydrogens is 331 g/mol. The third-order valence-electron chi connectivity index (χ3n) is 3.83. The summed E-state index contributed by atoms with van der Waals surface area (Å²) >= 11 is 5.82. The lowest BCUT2D eigenvalue weighted by Crippen LogP contribution is -3.00. The van der Waals surface area contributed by atoms with Crippen molar-refractivity contribution in [3.8, 4) is 0 Å². The molecule has 0 saturated carbocycles. The minimum absolute atomic E-state index is 0. The number of hydrogen-bond donors (Lipinski definition) is 0. The van der Waals surface area contributed by atoms with Gasteiger partial charge in [-0.25, -0.2) is 0 Å². The van der Waals surface area contributed by atoms with Crippen molar-refractivity contribution >= 4 is 29.3 Å². The van der Waals surface area contributed by atoms with Crippen molar-refractivity contribution in [1.82, 2.24) is 0 Å². The molecule has 23 heavy (non-hydrogen) atoms. The van der Waals surface area contributed by atoms with E-state index in [9.17, 15) is 4.79 Å². The van der Waals surface area contributed by atoms with Crippen LogP contribution in [0.25, 0.3) is 6.20 Å². The quantitative estimate of drug-likeness (QED) is 0.458. The summed E-state index contributed by atoms with van der Waals surface area (Å²) in [4.78, 5) is 14.4. The molecule has 1 saturated heterocycles. The predicted molar refractivity (Wildman–Crippen MR) is 89.2 cm³/mol. The first-order valence-corrected chi connectivity index (χ1v) is 7.84. The van der Waals surface area contributed by atoms with Gasteiger partial charge in [0.15, 0.2) is 24.4 Å². The number of benzene rings is 1. The van der Waals surface area contributed by atoms with Crippen LogP contribution in [-0.4, -0.2) is 18.9 Å². The zero-order chi connectivity index (χ0) is 15.4. The number of aromatic nitrogens is 1. The molecule has 3 rings (SSSR count). The molecular formula is C18H18Cl2N2O. The molecule has 0 radical (unpaired) electrons. The monoisotopic (exact) mass is 348 g/mol. The molecule has 1 aliphatic rings. The van der Waals surface area contributed by atoms with Gasteiger partial charge in [-0.1, -0.05) is 11.6 Å². The van der Waals surface area contributed by atoms with Crippen molar-refractivity contribution in [2.24, 2.45) is 0 Å². The number of anilines is 1. The van der Waals surface area contributed by atoms with Gasteiger partial charge < -0.3 is 17.3 Å². The number of pyridine rings is 1. The van der Waals surface area contributed by atoms with Crippen LogP contribution in [0.4, 0.5) is 5.69 Å². The summed E-state index contributed by atoms with van der Waals surface area (Å²) in [5.41, 5.74) is 1.88.